The summed E-state index contributed by atoms with van der Waals surface area (Å²) < 4.78 is 21.2. The summed E-state index contributed by atoms with van der Waals surface area (Å²) in [6, 6.07) is 0. The first-order chi connectivity index (χ1) is 11.4. The summed E-state index contributed by atoms with van der Waals surface area (Å²) in [6.45, 7) is 8.19. The highest BCUT2D eigenvalue weighted by Crippen LogP contribution is 2.43. The molecule has 0 aliphatic carbocycles. The molecule has 24 heavy (non-hydrogen) atoms. The minimum Gasteiger partial charge on any atom is -0.464 e. The van der Waals surface area contributed by atoms with Crippen molar-refractivity contribution in [2.24, 2.45) is 0 Å². The Morgan fingerprint density at radius 2 is 1.12 bits per heavy atom. The molecule has 0 aromatic rings. The quantitative estimate of drug-likeness (QED) is 0.326. The predicted octanol–water partition coefficient (Wildman–Crippen LogP) is 2.77. The molecule has 2 saturated heterocycles. The molecule has 0 amide bonds. The molecule has 2 aliphatic heterocycles. The summed E-state index contributed by atoms with van der Waals surface area (Å²) in [5.74, 6) is -0.474. The van der Waals surface area contributed by atoms with Crippen molar-refractivity contribution in [3.8, 4) is 0 Å². The molecular weight excluding hydrogens is 312 g/mol. The summed E-state index contributed by atoms with van der Waals surface area (Å²) in [6.07, 6.45) is 5.09. The van der Waals surface area contributed by atoms with Crippen molar-refractivity contribution in [2.75, 3.05) is 13.2 Å². The van der Waals surface area contributed by atoms with Crippen LogP contribution in [0.2, 0.25) is 0 Å². The predicted molar refractivity (Wildman–Crippen MR) is 87.5 cm³/mol. The van der Waals surface area contributed by atoms with Crippen molar-refractivity contribution < 1.29 is 28.5 Å². The van der Waals surface area contributed by atoms with Gasteiger partial charge < -0.3 is 18.9 Å². The number of carbonyl (C=O) groups excluding carboxylic acids is 2. The van der Waals surface area contributed by atoms with Gasteiger partial charge in [-0.2, -0.15) is 0 Å². The lowest BCUT2D eigenvalue weighted by atomic mass is 9.95. The van der Waals surface area contributed by atoms with Gasteiger partial charge in [0.15, 0.2) is 11.2 Å². The Morgan fingerprint density at radius 1 is 0.792 bits per heavy atom. The zero-order chi connectivity index (χ0) is 17.8. The Bertz CT molecular complexity index is 422. The van der Waals surface area contributed by atoms with Gasteiger partial charge in [0.1, 0.15) is 0 Å². The van der Waals surface area contributed by atoms with Crippen LogP contribution in [0.5, 0.6) is 0 Å². The summed E-state index contributed by atoms with van der Waals surface area (Å²) >= 11 is 0. The molecule has 6 heteroatoms. The second-order valence-electron chi connectivity index (χ2n) is 6.65. The zero-order valence-corrected chi connectivity index (χ0v) is 15.3. The zero-order valence-electron chi connectivity index (χ0n) is 15.3. The fourth-order valence-electron chi connectivity index (χ4n) is 3.35. The van der Waals surface area contributed by atoms with Gasteiger partial charge >= 0.3 is 11.9 Å². The third-order valence-electron chi connectivity index (χ3n) is 5.06. The van der Waals surface area contributed by atoms with Crippen LogP contribution in [0.1, 0.15) is 66.2 Å². The van der Waals surface area contributed by atoms with Gasteiger partial charge in [0.05, 0.1) is 25.4 Å². The first-order valence-electron chi connectivity index (χ1n) is 9.13. The van der Waals surface area contributed by atoms with E-state index in [1.54, 1.807) is 13.8 Å². The third kappa shape index (κ3) is 3.91. The average molecular weight is 342 g/mol. The Morgan fingerprint density at radius 3 is 1.38 bits per heavy atom. The van der Waals surface area contributed by atoms with Crippen molar-refractivity contribution in [2.45, 2.75) is 89.6 Å². The van der Waals surface area contributed by atoms with Gasteiger partial charge in [0.2, 0.25) is 0 Å². The van der Waals surface area contributed by atoms with Gasteiger partial charge in [-0.1, -0.05) is 12.8 Å². The Labute approximate surface area is 144 Å². The van der Waals surface area contributed by atoms with Crippen LogP contribution >= 0.6 is 0 Å². The molecule has 4 unspecified atom stereocenters. The number of epoxide rings is 2. The molecule has 6 nitrogen and oxygen atoms in total. The first-order valence-corrected chi connectivity index (χ1v) is 9.13. The monoisotopic (exact) mass is 342 g/mol. The first kappa shape index (κ1) is 19.2. The second kappa shape index (κ2) is 7.83. The lowest BCUT2D eigenvalue weighted by molar-refractivity contribution is -0.150. The van der Waals surface area contributed by atoms with Gasteiger partial charge in [-0.3, -0.25) is 0 Å². The van der Waals surface area contributed by atoms with Gasteiger partial charge in [-0.25, -0.2) is 9.59 Å². The molecule has 0 aromatic heterocycles. The number of hydrogen-bond donors (Lipinski definition) is 0. The van der Waals surface area contributed by atoms with Crippen LogP contribution in [-0.2, 0) is 28.5 Å². The van der Waals surface area contributed by atoms with E-state index in [1.165, 1.54) is 0 Å². The molecule has 2 fully saturated rings. The highest BCUT2D eigenvalue weighted by molar-refractivity contribution is 5.83. The number of unbranched alkanes of at least 4 members (excludes halogenated alkanes) is 3. The highest BCUT2D eigenvalue weighted by Gasteiger charge is 2.61. The minimum atomic E-state index is -0.712. The molecule has 0 spiro atoms. The third-order valence-corrected chi connectivity index (χ3v) is 5.06. The lowest BCUT2D eigenvalue weighted by Gasteiger charge is -2.12. The minimum absolute atomic E-state index is 0.0515. The average Bonchev–Trinajstić information content (AvgIpc) is 3.40. The number of hydrogen-bond acceptors (Lipinski definition) is 6. The summed E-state index contributed by atoms with van der Waals surface area (Å²) in [7, 11) is 0. The summed E-state index contributed by atoms with van der Waals surface area (Å²) in [5, 5.41) is 0. The van der Waals surface area contributed by atoms with Crippen molar-refractivity contribution in [3.63, 3.8) is 0 Å². The lowest BCUT2D eigenvalue weighted by Crippen LogP contribution is -2.29. The maximum Gasteiger partial charge on any atom is 0.341 e. The van der Waals surface area contributed by atoms with E-state index in [9.17, 15) is 9.59 Å². The Kier molecular flexibility index (Phi) is 6.26. The van der Waals surface area contributed by atoms with E-state index in [1.807, 2.05) is 13.8 Å². The van der Waals surface area contributed by atoms with E-state index in [0.29, 0.717) is 26.1 Å². The van der Waals surface area contributed by atoms with Crippen molar-refractivity contribution in [1.29, 1.82) is 0 Å². The topological polar surface area (TPSA) is 77.7 Å². The van der Waals surface area contributed by atoms with E-state index in [4.69, 9.17) is 18.9 Å². The second-order valence-corrected chi connectivity index (χ2v) is 6.65. The molecule has 2 rings (SSSR count). The SMILES string of the molecule is CCOC(=O)C1(CCCCCCC2(C(=O)OCC)OC2C)OC1C. The largest absolute Gasteiger partial charge is 0.464 e. The van der Waals surface area contributed by atoms with E-state index in [0.717, 1.165) is 25.7 Å². The fraction of sp³-hybridized carbons (Fsp3) is 0.889. The van der Waals surface area contributed by atoms with Crippen LogP contribution in [0.25, 0.3) is 0 Å². The molecule has 0 radical (unpaired) electrons. The normalized spacial score (nSPS) is 33.8. The number of esters is 2. The maximum absolute atomic E-state index is 12.0. The Balaban J connectivity index is 1.64. The van der Waals surface area contributed by atoms with E-state index in [-0.39, 0.29) is 24.1 Å². The van der Waals surface area contributed by atoms with Gasteiger partial charge in [-0.15, -0.1) is 0 Å². The summed E-state index contributed by atoms with van der Waals surface area (Å²) in [5.41, 5.74) is -1.42. The van der Waals surface area contributed by atoms with Crippen LogP contribution in [0.3, 0.4) is 0 Å². The van der Waals surface area contributed by atoms with Gasteiger partial charge in [0.25, 0.3) is 0 Å². The summed E-state index contributed by atoms with van der Waals surface area (Å²) in [4.78, 5) is 23.9. The standard InChI is InChI=1S/C18H30O6/c1-5-21-15(19)17(13(3)23-17)11-9-7-8-10-12-18(14(4)24-18)16(20)22-6-2/h13-14H,5-12H2,1-4H3. The number of ether oxygens (including phenoxy) is 4. The van der Waals surface area contributed by atoms with E-state index < -0.39 is 11.2 Å². The maximum atomic E-state index is 12.0. The molecule has 0 bridgehead atoms. The fourth-order valence-corrected chi connectivity index (χ4v) is 3.35. The smallest absolute Gasteiger partial charge is 0.341 e. The molecule has 2 heterocycles. The van der Waals surface area contributed by atoms with Crippen LogP contribution in [0, 0.1) is 0 Å². The van der Waals surface area contributed by atoms with E-state index in [2.05, 4.69) is 0 Å². The van der Waals surface area contributed by atoms with Crippen molar-refractivity contribution in [3.05, 3.63) is 0 Å². The Hall–Kier alpha value is -1.14. The van der Waals surface area contributed by atoms with E-state index >= 15 is 0 Å². The van der Waals surface area contributed by atoms with Crippen molar-refractivity contribution >= 4 is 11.9 Å². The number of rotatable bonds is 11. The van der Waals surface area contributed by atoms with Crippen LogP contribution in [0.4, 0.5) is 0 Å². The highest BCUT2D eigenvalue weighted by atomic mass is 16.7. The molecule has 4 atom stereocenters. The molecular formula is C18H30O6. The molecule has 138 valence electrons. The number of carbonyl (C=O) groups is 2. The molecule has 2 aliphatic rings. The van der Waals surface area contributed by atoms with Crippen molar-refractivity contribution in [1.82, 2.24) is 0 Å². The molecule has 0 saturated carbocycles. The van der Waals surface area contributed by atoms with Crippen LogP contribution < -0.4 is 0 Å². The van der Waals surface area contributed by atoms with Crippen LogP contribution in [-0.4, -0.2) is 48.6 Å². The van der Waals surface area contributed by atoms with Crippen LogP contribution in [0.15, 0.2) is 0 Å². The van der Waals surface area contributed by atoms with Gasteiger partial charge in [0, 0.05) is 0 Å². The van der Waals surface area contributed by atoms with Gasteiger partial charge in [-0.05, 0) is 53.4 Å². The molecule has 0 N–H and O–H groups in total. The molecule has 0 aromatic carbocycles.